The van der Waals surface area contributed by atoms with E-state index in [2.05, 4.69) is 41.8 Å². The van der Waals surface area contributed by atoms with E-state index in [1.165, 1.54) is 17.7 Å². The highest BCUT2D eigenvalue weighted by molar-refractivity contribution is 5.81. The Morgan fingerprint density at radius 3 is 2.47 bits per heavy atom. The zero-order chi connectivity index (χ0) is 21.5. The number of benzene rings is 2. The Bertz CT molecular complexity index is 869. The largest absolute Gasteiger partial charge is 0.352 e. The lowest BCUT2D eigenvalue weighted by Crippen LogP contribution is -2.50. The van der Waals surface area contributed by atoms with Crippen LogP contribution in [0.5, 0.6) is 0 Å². The topological polar surface area (TPSA) is 61.4 Å². The van der Waals surface area contributed by atoms with Crippen molar-refractivity contribution in [2.24, 2.45) is 5.92 Å². The van der Waals surface area contributed by atoms with Crippen molar-refractivity contribution in [1.82, 2.24) is 15.5 Å². The Labute approximate surface area is 177 Å². The fourth-order valence-corrected chi connectivity index (χ4v) is 3.96. The van der Waals surface area contributed by atoms with Crippen LogP contribution in [0, 0.1) is 11.7 Å². The van der Waals surface area contributed by atoms with Crippen LogP contribution in [0.25, 0.3) is 0 Å². The first-order valence-electron chi connectivity index (χ1n) is 10.7. The van der Waals surface area contributed by atoms with E-state index in [4.69, 9.17) is 0 Å². The lowest BCUT2D eigenvalue weighted by Gasteiger charge is -2.39. The Hall–Kier alpha value is -2.89. The average molecular weight is 412 g/mol. The molecule has 3 amide bonds. The van der Waals surface area contributed by atoms with Crippen molar-refractivity contribution in [3.8, 4) is 0 Å². The maximum absolute atomic E-state index is 13.3. The van der Waals surface area contributed by atoms with Gasteiger partial charge in [-0.05, 0) is 55.0 Å². The number of aryl methyl sites for hydroxylation is 1. The van der Waals surface area contributed by atoms with Gasteiger partial charge in [-0.15, -0.1) is 0 Å². The van der Waals surface area contributed by atoms with E-state index in [0.717, 1.165) is 18.4 Å². The van der Waals surface area contributed by atoms with Crippen LogP contribution in [0.1, 0.15) is 49.4 Å². The van der Waals surface area contributed by atoms with E-state index < -0.39 is 0 Å². The molecule has 30 heavy (non-hydrogen) atoms. The highest BCUT2D eigenvalue weighted by Gasteiger charge is 2.35. The number of nitrogens with one attached hydrogen (secondary N) is 2. The Morgan fingerprint density at radius 2 is 1.80 bits per heavy atom. The zero-order valence-electron chi connectivity index (χ0n) is 17.7. The molecule has 1 aliphatic rings. The van der Waals surface area contributed by atoms with Gasteiger partial charge in [-0.3, -0.25) is 4.79 Å². The van der Waals surface area contributed by atoms with Gasteiger partial charge in [-0.2, -0.15) is 0 Å². The monoisotopic (exact) mass is 411 g/mol. The number of carbonyl (C=O) groups is 2. The van der Waals surface area contributed by atoms with Crippen LogP contribution >= 0.6 is 0 Å². The highest BCUT2D eigenvalue weighted by Crippen LogP contribution is 2.34. The van der Waals surface area contributed by atoms with Crippen LogP contribution < -0.4 is 10.6 Å². The van der Waals surface area contributed by atoms with E-state index in [1.54, 1.807) is 17.0 Å². The summed E-state index contributed by atoms with van der Waals surface area (Å²) in [6.07, 6.45) is 2.39. The summed E-state index contributed by atoms with van der Waals surface area (Å²) >= 11 is 0. The average Bonchev–Trinajstić information content (AvgIpc) is 2.77. The second-order valence-electron chi connectivity index (χ2n) is 7.72. The highest BCUT2D eigenvalue weighted by atomic mass is 19.1. The van der Waals surface area contributed by atoms with Crippen molar-refractivity contribution in [1.29, 1.82) is 0 Å². The molecule has 1 heterocycles. The first-order chi connectivity index (χ1) is 14.5. The molecule has 0 spiro atoms. The molecule has 0 bridgehead atoms. The summed E-state index contributed by atoms with van der Waals surface area (Å²) in [5, 5.41) is 5.77. The van der Waals surface area contributed by atoms with Crippen LogP contribution in [0.2, 0.25) is 0 Å². The number of nitrogens with zero attached hydrogens (tertiary/aromatic N) is 1. The molecule has 0 saturated carbocycles. The fraction of sp³-hybridized carbons (Fsp3) is 0.417. The number of rotatable bonds is 6. The van der Waals surface area contributed by atoms with E-state index in [1.807, 2.05) is 6.92 Å². The van der Waals surface area contributed by atoms with Crippen molar-refractivity contribution in [3.63, 3.8) is 0 Å². The maximum atomic E-state index is 13.3. The minimum atomic E-state index is -0.321. The summed E-state index contributed by atoms with van der Waals surface area (Å²) in [4.78, 5) is 27.3. The van der Waals surface area contributed by atoms with Gasteiger partial charge in [0.2, 0.25) is 5.91 Å². The molecule has 2 atom stereocenters. The number of carbonyl (C=O) groups excluding carboxylic acids is 2. The Kier molecular flexibility index (Phi) is 7.44. The molecule has 0 radical (unpaired) electrons. The van der Waals surface area contributed by atoms with Crippen LogP contribution in [0.3, 0.4) is 0 Å². The number of hydrogen-bond acceptors (Lipinski definition) is 2. The van der Waals surface area contributed by atoms with Gasteiger partial charge in [0.25, 0.3) is 0 Å². The molecule has 2 aromatic rings. The minimum absolute atomic E-state index is 0.0466. The van der Waals surface area contributed by atoms with Gasteiger partial charge in [-0.25, -0.2) is 9.18 Å². The molecule has 160 valence electrons. The molecule has 3 rings (SSSR count). The van der Waals surface area contributed by atoms with Crippen LogP contribution in [0.4, 0.5) is 9.18 Å². The predicted octanol–water partition coefficient (Wildman–Crippen LogP) is 4.19. The standard InChI is InChI=1S/C24H30FN3O2/c1-3-17-8-10-19(11-9-17)22-13-12-20(16-28(22)24(30)26-4-2)23(29)27-15-18-6-5-7-21(25)14-18/h5-11,14,20,22H,3-4,12-13,15-16H2,1-2H3,(H,26,30)(H,27,29). The maximum Gasteiger partial charge on any atom is 0.317 e. The van der Waals surface area contributed by atoms with Crippen molar-refractivity contribution in [3.05, 3.63) is 71.0 Å². The number of piperidine rings is 1. The number of halogens is 1. The van der Waals surface area contributed by atoms with Gasteiger partial charge in [-0.1, -0.05) is 43.3 Å². The normalized spacial score (nSPS) is 18.7. The third kappa shape index (κ3) is 5.38. The molecule has 1 aliphatic heterocycles. The molecule has 0 aromatic heterocycles. The molecule has 1 fully saturated rings. The number of amides is 3. The van der Waals surface area contributed by atoms with E-state index in [9.17, 15) is 14.0 Å². The summed E-state index contributed by atoms with van der Waals surface area (Å²) in [7, 11) is 0. The van der Waals surface area contributed by atoms with Crippen LogP contribution in [-0.2, 0) is 17.8 Å². The van der Waals surface area contributed by atoms with Gasteiger partial charge in [0.15, 0.2) is 0 Å². The second kappa shape index (κ2) is 10.2. The number of likely N-dealkylation sites (tertiary alicyclic amines) is 1. The molecular formula is C24H30FN3O2. The fourth-order valence-electron chi connectivity index (χ4n) is 3.96. The summed E-state index contributed by atoms with van der Waals surface area (Å²) in [5.74, 6) is -0.709. The van der Waals surface area contributed by atoms with Gasteiger partial charge < -0.3 is 15.5 Å². The molecule has 5 nitrogen and oxygen atoms in total. The first-order valence-corrected chi connectivity index (χ1v) is 10.7. The Morgan fingerprint density at radius 1 is 1.03 bits per heavy atom. The minimum Gasteiger partial charge on any atom is -0.352 e. The zero-order valence-corrected chi connectivity index (χ0v) is 17.7. The van der Waals surface area contributed by atoms with Gasteiger partial charge in [0.1, 0.15) is 5.82 Å². The summed E-state index contributed by atoms with van der Waals surface area (Å²) in [6.45, 7) is 5.17. The molecule has 6 heteroatoms. The van der Waals surface area contributed by atoms with E-state index >= 15 is 0 Å². The third-order valence-electron chi connectivity index (χ3n) is 5.67. The second-order valence-corrected chi connectivity index (χ2v) is 7.72. The van der Waals surface area contributed by atoms with Crippen molar-refractivity contribution >= 4 is 11.9 Å². The molecule has 0 aliphatic carbocycles. The van der Waals surface area contributed by atoms with Crippen molar-refractivity contribution in [2.45, 2.75) is 45.7 Å². The third-order valence-corrected chi connectivity index (χ3v) is 5.67. The summed E-state index contributed by atoms with van der Waals surface area (Å²) in [5.41, 5.74) is 3.07. The summed E-state index contributed by atoms with van der Waals surface area (Å²) in [6, 6.07) is 14.4. The lowest BCUT2D eigenvalue weighted by atomic mass is 9.88. The van der Waals surface area contributed by atoms with E-state index in [0.29, 0.717) is 25.1 Å². The SMILES string of the molecule is CCNC(=O)N1CC(C(=O)NCc2cccc(F)c2)CCC1c1ccc(CC)cc1. The molecule has 1 saturated heterocycles. The first kappa shape index (κ1) is 21.8. The van der Waals surface area contributed by atoms with Crippen molar-refractivity contribution < 1.29 is 14.0 Å². The number of urea groups is 1. The smallest absolute Gasteiger partial charge is 0.317 e. The Balaban J connectivity index is 1.68. The molecular weight excluding hydrogens is 381 g/mol. The molecule has 2 N–H and O–H groups in total. The molecule has 2 aromatic carbocycles. The predicted molar refractivity (Wildman–Crippen MR) is 115 cm³/mol. The van der Waals surface area contributed by atoms with Gasteiger partial charge in [0, 0.05) is 19.6 Å². The molecule has 2 unspecified atom stereocenters. The van der Waals surface area contributed by atoms with Gasteiger partial charge in [0.05, 0.1) is 12.0 Å². The lowest BCUT2D eigenvalue weighted by molar-refractivity contribution is -0.126. The van der Waals surface area contributed by atoms with Crippen LogP contribution in [0.15, 0.2) is 48.5 Å². The van der Waals surface area contributed by atoms with Crippen molar-refractivity contribution in [2.75, 3.05) is 13.1 Å². The van der Waals surface area contributed by atoms with E-state index in [-0.39, 0.29) is 36.3 Å². The quantitative estimate of drug-likeness (QED) is 0.749. The number of hydrogen-bond donors (Lipinski definition) is 2. The van der Waals surface area contributed by atoms with Crippen LogP contribution in [-0.4, -0.2) is 29.9 Å². The summed E-state index contributed by atoms with van der Waals surface area (Å²) < 4.78 is 13.3. The van der Waals surface area contributed by atoms with Gasteiger partial charge >= 0.3 is 6.03 Å².